The molecule has 0 aromatic rings. The first-order chi connectivity index (χ1) is 9.48. The van der Waals surface area contributed by atoms with Crippen molar-refractivity contribution in [2.24, 2.45) is 5.92 Å². The van der Waals surface area contributed by atoms with Gasteiger partial charge in [-0.15, -0.1) is 0 Å². The van der Waals surface area contributed by atoms with Gasteiger partial charge in [0, 0.05) is 6.61 Å². The van der Waals surface area contributed by atoms with Crippen LogP contribution in [0.3, 0.4) is 0 Å². The lowest BCUT2D eigenvalue weighted by Crippen LogP contribution is -2.50. The number of carbonyl (C=O) groups is 1. The van der Waals surface area contributed by atoms with Crippen molar-refractivity contribution in [3.63, 3.8) is 0 Å². The quantitative estimate of drug-likeness (QED) is 0.866. The molecule has 1 saturated heterocycles. The monoisotopic (exact) mass is 301 g/mol. The number of aliphatic hydroxyl groups is 1. The molecule has 1 N–H and O–H groups in total. The second-order valence-corrected chi connectivity index (χ2v) is 7.66. The van der Waals surface area contributed by atoms with Crippen LogP contribution in [-0.2, 0) is 9.47 Å². The third kappa shape index (κ3) is 4.85. The van der Waals surface area contributed by atoms with Gasteiger partial charge in [0.25, 0.3) is 0 Å². The first-order valence-corrected chi connectivity index (χ1v) is 7.79. The molecule has 1 aliphatic heterocycles. The van der Waals surface area contributed by atoms with E-state index in [1.54, 1.807) is 4.90 Å². The van der Waals surface area contributed by atoms with Gasteiger partial charge in [0.2, 0.25) is 0 Å². The fraction of sp³-hybridized carbons (Fsp3) is 0.938. The van der Waals surface area contributed by atoms with Crippen LogP contribution in [0.4, 0.5) is 4.79 Å². The summed E-state index contributed by atoms with van der Waals surface area (Å²) in [7, 11) is 0. The van der Waals surface area contributed by atoms with E-state index in [1.807, 2.05) is 34.6 Å². The number of hydrogen-bond acceptors (Lipinski definition) is 4. The van der Waals surface area contributed by atoms with E-state index in [4.69, 9.17) is 9.47 Å². The molecule has 2 atom stereocenters. The fourth-order valence-electron chi connectivity index (χ4n) is 2.86. The van der Waals surface area contributed by atoms with Crippen molar-refractivity contribution < 1.29 is 19.4 Å². The minimum absolute atomic E-state index is 0.0531. The van der Waals surface area contributed by atoms with E-state index < -0.39 is 11.3 Å². The number of carbonyl (C=O) groups excluding carboxylic acids is 1. The van der Waals surface area contributed by atoms with Gasteiger partial charge >= 0.3 is 6.09 Å². The number of aliphatic hydroxyl groups excluding tert-OH is 1. The van der Waals surface area contributed by atoms with E-state index in [-0.39, 0.29) is 24.8 Å². The summed E-state index contributed by atoms with van der Waals surface area (Å²) in [4.78, 5) is 14.3. The molecule has 0 unspecified atom stereocenters. The van der Waals surface area contributed by atoms with Crippen LogP contribution in [0.1, 0.15) is 61.3 Å². The zero-order valence-electron chi connectivity index (χ0n) is 14.5. The van der Waals surface area contributed by atoms with Gasteiger partial charge in [-0.1, -0.05) is 13.8 Å². The van der Waals surface area contributed by atoms with Crippen LogP contribution >= 0.6 is 0 Å². The molecule has 124 valence electrons. The first-order valence-electron chi connectivity index (χ1n) is 7.79. The molecule has 0 aromatic heterocycles. The Morgan fingerprint density at radius 1 is 1.38 bits per heavy atom. The van der Waals surface area contributed by atoms with E-state index in [2.05, 4.69) is 13.8 Å². The lowest BCUT2D eigenvalue weighted by molar-refractivity contribution is -0.0814. The highest BCUT2D eigenvalue weighted by atomic mass is 16.6. The molecule has 0 aliphatic carbocycles. The van der Waals surface area contributed by atoms with Gasteiger partial charge in [0.1, 0.15) is 11.3 Å². The van der Waals surface area contributed by atoms with Crippen LogP contribution in [0.5, 0.6) is 0 Å². The second kappa shape index (κ2) is 6.53. The van der Waals surface area contributed by atoms with Gasteiger partial charge in [-0.05, 0) is 53.4 Å². The van der Waals surface area contributed by atoms with Gasteiger partial charge in [-0.25, -0.2) is 4.79 Å². The van der Waals surface area contributed by atoms with E-state index in [0.717, 1.165) is 6.42 Å². The Balaban J connectivity index is 3.01. The molecule has 5 heteroatoms. The topological polar surface area (TPSA) is 59.0 Å². The Bertz CT molecular complexity index is 360. The molecule has 0 spiro atoms. The van der Waals surface area contributed by atoms with Crippen LogP contribution < -0.4 is 0 Å². The maximum atomic E-state index is 12.6. The smallest absolute Gasteiger partial charge is 0.412 e. The Hall–Kier alpha value is -0.810. The Kier molecular flexibility index (Phi) is 5.67. The van der Waals surface area contributed by atoms with Gasteiger partial charge in [-0.3, -0.25) is 4.90 Å². The van der Waals surface area contributed by atoms with Gasteiger partial charge in [0.05, 0.1) is 12.1 Å². The fourth-order valence-corrected chi connectivity index (χ4v) is 2.86. The predicted molar refractivity (Wildman–Crippen MR) is 82.0 cm³/mol. The highest BCUT2D eigenvalue weighted by molar-refractivity contribution is 5.70. The third-order valence-electron chi connectivity index (χ3n) is 3.50. The Morgan fingerprint density at radius 3 is 2.38 bits per heavy atom. The summed E-state index contributed by atoms with van der Waals surface area (Å²) in [6.45, 7) is 13.6. The van der Waals surface area contributed by atoms with Crippen molar-refractivity contribution in [1.82, 2.24) is 4.90 Å². The minimum atomic E-state index is -0.721. The molecule has 21 heavy (non-hydrogen) atoms. The molecule has 0 bridgehead atoms. The summed E-state index contributed by atoms with van der Waals surface area (Å²) in [6.07, 6.45) is 0.853. The summed E-state index contributed by atoms with van der Waals surface area (Å²) in [5, 5.41) is 9.25. The van der Waals surface area contributed by atoms with Gasteiger partial charge < -0.3 is 14.6 Å². The van der Waals surface area contributed by atoms with E-state index in [1.165, 1.54) is 0 Å². The molecular weight excluding hydrogens is 270 g/mol. The predicted octanol–water partition coefficient (Wildman–Crippen LogP) is 3.16. The van der Waals surface area contributed by atoms with Crippen LogP contribution in [0.15, 0.2) is 0 Å². The zero-order chi connectivity index (χ0) is 16.4. The number of nitrogens with zero attached hydrogens (tertiary/aromatic N) is 1. The molecule has 1 fully saturated rings. The standard InChI is InChI=1S/C16H31NO4/c1-11(2)10-12-13(8-9-18)20-16(6,7)17(12)14(19)21-15(3,4)5/h11-13,18H,8-10H2,1-7H3/t12-,13-/m0/s1. The lowest BCUT2D eigenvalue weighted by Gasteiger charge is -2.35. The number of rotatable bonds is 4. The SMILES string of the molecule is CC(C)C[C@H]1[C@H](CCO)OC(C)(C)N1C(=O)OC(C)(C)C. The molecule has 1 heterocycles. The lowest BCUT2D eigenvalue weighted by atomic mass is 9.97. The largest absolute Gasteiger partial charge is 0.444 e. The zero-order valence-corrected chi connectivity index (χ0v) is 14.5. The third-order valence-corrected chi connectivity index (χ3v) is 3.50. The summed E-state index contributed by atoms with van der Waals surface area (Å²) in [5.74, 6) is 0.429. The summed E-state index contributed by atoms with van der Waals surface area (Å²) in [6, 6.07) is -0.0676. The number of hydrogen-bond donors (Lipinski definition) is 1. The number of ether oxygens (including phenoxy) is 2. The second-order valence-electron chi connectivity index (χ2n) is 7.66. The molecule has 1 rings (SSSR count). The summed E-state index contributed by atoms with van der Waals surface area (Å²) in [5.41, 5.74) is -1.26. The van der Waals surface area contributed by atoms with Crippen molar-refractivity contribution in [2.45, 2.75) is 84.8 Å². The van der Waals surface area contributed by atoms with Crippen LogP contribution in [0, 0.1) is 5.92 Å². The molecule has 1 aliphatic rings. The maximum Gasteiger partial charge on any atom is 0.412 e. The normalized spacial score (nSPS) is 25.5. The maximum absolute atomic E-state index is 12.6. The average molecular weight is 301 g/mol. The van der Waals surface area contributed by atoms with Crippen LogP contribution in [0.2, 0.25) is 0 Å². The average Bonchev–Trinajstić information content (AvgIpc) is 2.46. The van der Waals surface area contributed by atoms with Crippen LogP contribution in [0.25, 0.3) is 0 Å². The molecule has 0 radical (unpaired) electrons. The summed E-state index contributed by atoms with van der Waals surface area (Å²) < 4.78 is 11.6. The molecule has 5 nitrogen and oxygen atoms in total. The Labute approximate surface area is 128 Å². The molecule has 1 amide bonds. The van der Waals surface area contributed by atoms with Crippen LogP contribution in [-0.4, -0.2) is 46.2 Å². The van der Waals surface area contributed by atoms with E-state index in [0.29, 0.717) is 12.3 Å². The molecule has 0 saturated carbocycles. The molecular formula is C16H31NO4. The van der Waals surface area contributed by atoms with Crippen molar-refractivity contribution in [3.05, 3.63) is 0 Å². The van der Waals surface area contributed by atoms with E-state index >= 15 is 0 Å². The minimum Gasteiger partial charge on any atom is -0.444 e. The highest BCUT2D eigenvalue weighted by Gasteiger charge is 2.50. The van der Waals surface area contributed by atoms with Crippen molar-refractivity contribution in [1.29, 1.82) is 0 Å². The van der Waals surface area contributed by atoms with Gasteiger partial charge in [-0.2, -0.15) is 0 Å². The highest BCUT2D eigenvalue weighted by Crippen LogP contribution is 2.37. The van der Waals surface area contributed by atoms with Crippen molar-refractivity contribution in [2.75, 3.05) is 6.61 Å². The first kappa shape index (κ1) is 18.2. The number of amides is 1. The summed E-state index contributed by atoms with van der Waals surface area (Å²) >= 11 is 0. The van der Waals surface area contributed by atoms with Gasteiger partial charge in [0.15, 0.2) is 0 Å². The van der Waals surface area contributed by atoms with Crippen molar-refractivity contribution >= 4 is 6.09 Å². The van der Waals surface area contributed by atoms with E-state index in [9.17, 15) is 9.90 Å². The van der Waals surface area contributed by atoms with Crippen molar-refractivity contribution in [3.8, 4) is 0 Å². The molecule has 0 aromatic carbocycles. The Morgan fingerprint density at radius 2 is 1.95 bits per heavy atom.